The smallest absolute Gasteiger partial charge is 0.466 e. The second kappa shape index (κ2) is 8.02. The summed E-state index contributed by atoms with van der Waals surface area (Å²) in [5.41, 5.74) is 7.30. The highest BCUT2D eigenvalue weighted by molar-refractivity contribution is 5.73. The van der Waals surface area contributed by atoms with Crippen molar-refractivity contribution < 1.29 is 27.4 Å². The first-order valence-electron chi connectivity index (χ1n) is 7.66. The van der Waals surface area contributed by atoms with E-state index >= 15 is 0 Å². The Kier molecular flexibility index (Phi) is 6.03. The fourth-order valence-corrected chi connectivity index (χ4v) is 2.35. The summed E-state index contributed by atoms with van der Waals surface area (Å²) in [5, 5.41) is 0. The Balaban J connectivity index is 2.37. The maximum absolute atomic E-state index is 12.6. The van der Waals surface area contributed by atoms with Crippen molar-refractivity contribution in [2.75, 3.05) is 6.61 Å². The van der Waals surface area contributed by atoms with Crippen LogP contribution in [-0.4, -0.2) is 18.9 Å². The van der Waals surface area contributed by atoms with Gasteiger partial charge in [0.25, 0.3) is 0 Å². The highest BCUT2D eigenvalue weighted by atomic mass is 19.4. The second-order valence-corrected chi connectivity index (χ2v) is 5.29. The number of halogens is 3. The van der Waals surface area contributed by atoms with Crippen LogP contribution in [-0.2, 0) is 9.53 Å². The largest absolute Gasteiger partial charge is 0.573 e. The number of carbonyl (C=O) groups excluding carboxylic acids is 1. The number of hydrogen-bond donors (Lipinski definition) is 1. The van der Waals surface area contributed by atoms with Crippen LogP contribution in [0.3, 0.4) is 0 Å². The molecule has 0 aromatic heterocycles. The van der Waals surface area contributed by atoms with Crippen molar-refractivity contribution in [2.45, 2.75) is 25.7 Å². The number of ether oxygens (including phenoxy) is 2. The quantitative estimate of drug-likeness (QED) is 0.791. The molecule has 0 saturated carbocycles. The van der Waals surface area contributed by atoms with E-state index in [2.05, 4.69) is 4.74 Å². The van der Waals surface area contributed by atoms with Gasteiger partial charge in [0, 0.05) is 11.6 Å². The first-order chi connectivity index (χ1) is 11.8. The number of carbonyl (C=O) groups is 1. The molecule has 0 radical (unpaired) electrons. The zero-order chi connectivity index (χ0) is 18.4. The molecule has 0 unspecified atom stereocenters. The Morgan fingerprint density at radius 1 is 1.16 bits per heavy atom. The Morgan fingerprint density at radius 2 is 1.84 bits per heavy atom. The molecule has 0 bridgehead atoms. The van der Waals surface area contributed by atoms with Gasteiger partial charge in [-0.1, -0.05) is 36.4 Å². The number of alkyl halides is 3. The lowest BCUT2D eigenvalue weighted by atomic mass is 9.97. The Bertz CT molecular complexity index is 717. The van der Waals surface area contributed by atoms with Crippen molar-refractivity contribution in [3.63, 3.8) is 0 Å². The van der Waals surface area contributed by atoms with Gasteiger partial charge >= 0.3 is 12.3 Å². The van der Waals surface area contributed by atoms with Crippen LogP contribution in [0.25, 0.3) is 11.1 Å². The van der Waals surface area contributed by atoms with E-state index < -0.39 is 18.4 Å². The summed E-state index contributed by atoms with van der Waals surface area (Å²) in [6.45, 7) is 1.92. The fourth-order valence-electron chi connectivity index (χ4n) is 2.35. The average molecular weight is 353 g/mol. The molecule has 4 nitrogen and oxygen atoms in total. The molecule has 0 heterocycles. The molecule has 2 aromatic rings. The van der Waals surface area contributed by atoms with Gasteiger partial charge in [0.05, 0.1) is 13.0 Å². The standard InChI is InChI=1S/C18H18F3NO3/c1-2-24-17(23)11-15(22)13-8-9-16(25-18(19,20)21)14(10-13)12-6-4-3-5-7-12/h3-10,15H,2,11,22H2,1H3/t15-/m0/s1. The van der Waals surface area contributed by atoms with E-state index in [1.807, 2.05) is 0 Å². The van der Waals surface area contributed by atoms with Gasteiger partial charge in [-0.25, -0.2) is 0 Å². The van der Waals surface area contributed by atoms with Crippen LogP contribution in [0.5, 0.6) is 5.75 Å². The van der Waals surface area contributed by atoms with Crippen molar-refractivity contribution in [3.05, 3.63) is 54.1 Å². The van der Waals surface area contributed by atoms with Crippen LogP contribution in [0.4, 0.5) is 13.2 Å². The van der Waals surface area contributed by atoms with Gasteiger partial charge < -0.3 is 15.2 Å². The van der Waals surface area contributed by atoms with Crippen molar-refractivity contribution in [1.82, 2.24) is 0 Å². The highest BCUT2D eigenvalue weighted by Gasteiger charge is 2.32. The van der Waals surface area contributed by atoms with Gasteiger partial charge in [-0.2, -0.15) is 0 Å². The molecule has 0 aliphatic heterocycles. The normalized spacial score (nSPS) is 12.5. The van der Waals surface area contributed by atoms with Crippen LogP contribution in [0, 0.1) is 0 Å². The number of hydrogen-bond acceptors (Lipinski definition) is 4. The number of nitrogens with two attached hydrogens (primary N) is 1. The molecule has 2 N–H and O–H groups in total. The Morgan fingerprint density at radius 3 is 2.44 bits per heavy atom. The molecule has 0 fully saturated rings. The zero-order valence-corrected chi connectivity index (χ0v) is 13.5. The Hall–Kier alpha value is -2.54. The third-order valence-corrected chi connectivity index (χ3v) is 3.43. The van der Waals surface area contributed by atoms with E-state index in [-0.39, 0.29) is 24.3 Å². The lowest BCUT2D eigenvalue weighted by Gasteiger charge is -2.17. The minimum atomic E-state index is -4.81. The minimum absolute atomic E-state index is 0.0679. The number of esters is 1. The summed E-state index contributed by atoms with van der Waals surface area (Å²) in [6, 6.07) is 11.9. The Labute approximate surface area is 143 Å². The van der Waals surface area contributed by atoms with Gasteiger partial charge in [0.2, 0.25) is 0 Å². The van der Waals surface area contributed by atoms with E-state index in [0.717, 1.165) is 0 Å². The lowest BCUT2D eigenvalue weighted by molar-refractivity contribution is -0.274. The first kappa shape index (κ1) is 18.8. The van der Waals surface area contributed by atoms with Gasteiger partial charge in [0.15, 0.2) is 0 Å². The number of rotatable bonds is 6. The molecule has 2 aromatic carbocycles. The van der Waals surface area contributed by atoms with Crippen molar-refractivity contribution in [2.24, 2.45) is 5.73 Å². The molecular formula is C18H18F3NO3. The van der Waals surface area contributed by atoms with E-state index in [1.54, 1.807) is 37.3 Å². The molecule has 0 aliphatic rings. The van der Waals surface area contributed by atoms with Crippen LogP contribution in [0.2, 0.25) is 0 Å². The molecule has 25 heavy (non-hydrogen) atoms. The van der Waals surface area contributed by atoms with Gasteiger partial charge in [0.1, 0.15) is 5.75 Å². The molecule has 0 aliphatic carbocycles. The van der Waals surface area contributed by atoms with E-state index in [9.17, 15) is 18.0 Å². The van der Waals surface area contributed by atoms with Crippen LogP contribution in [0.15, 0.2) is 48.5 Å². The van der Waals surface area contributed by atoms with Gasteiger partial charge in [-0.05, 0) is 30.2 Å². The van der Waals surface area contributed by atoms with Crippen LogP contribution in [0.1, 0.15) is 24.9 Å². The summed E-state index contributed by atoms with van der Waals surface area (Å²) >= 11 is 0. The lowest BCUT2D eigenvalue weighted by Crippen LogP contribution is -2.19. The summed E-state index contributed by atoms with van der Waals surface area (Å²) in [5.74, 6) is -0.794. The molecule has 0 amide bonds. The molecule has 2 rings (SSSR count). The predicted octanol–water partition coefficient (Wildman–Crippen LogP) is 4.21. The summed E-state index contributed by atoms with van der Waals surface area (Å²) in [7, 11) is 0. The highest BCUT2D eigenvalue weighted by Crippen LogP contribution is 2.36. The predicted molar refractivity (Wildman–Crippen MR) is 86.7 cm³/mol. The van der Waals surface area contributed by atoms with Crippen molar-refractivity contribution >= 4 is 5.97 Å². The molecule has 7 heteroatoms. The van der Waals surface area contributed by atoms with Crippen LogP contribution < -0.4 is 10.5 Å². The molecule has 0 spiro atoms. The van der Waals surface area contributed by atoms with Crippen molar-refractivity contribution in [3.8, 4) is 16.9 Å². The molecule has 0 saturated heterocycles. The maximum Gasteiger partial charge on any atom is 0.573 e. The molecule has 1 atom stereocenters. The topological polar surface area (TPSA) is 61.5 Å². The monoisotopic (exact) mass is 353 g/mol. The average Bonchev–Trinajstić information content (AvgIpc) is 2.54. The third kappa shape index (κ3) is 5.49. The summed E-state index contributed by atoms with van der Waals surface area (Å²) < 4.78 is 46.9. The summed E-state index contributed by atoms with van der Waals surface area (Å²) in [4.78, 5) is 11.6. The van der Waals surface area contributed by atoms with E-state index in [4.69, 9.17) is 10.5 Å². The van der Waals surface area contributed by atoms with E-state index in [1.165, 1.54) is 18.2 Å². The fraction of sp³-hybridized carbons (Fsp3) is 0.278. The SMILES string of the molecule is CCOC(=O)C[C@H](N)c1ccc(OC(F)(F)F)c(-c2ccccc2)c1. The second-order valence-electron chi connectivity index (χ2n) is 5.29. The molecule has 134 valence electrons. The summed E-state index contributed by atoms with van der Waals surface area (Å²) in [6.07, 6.45) is -4.88. The third-order valence-electron chi connectivity index (χ3n) is 3.43. The minimum Gasteiger partial charge on any atom is -0.466 e. The number of benzene rings is 2. The van der Waals surface area contributed by atoms with Crippen molar-refractivity contribution in [1.29, 1.82) is 0 Å². The van der Waals surface area contributed by atoms with Gasteiger partial charge in [-0.15, -0.1) is 13.2 Å². The molecular weight excluding hydrogens is 335 g/mol. The van der Waals surface area contributed by atoms with Crippen LogP contribution >= 0.6 is 0 Å². The maximum atomic E-state index is 12.6. The van der Waals surface area contributed by atoms with E-state index in [0.29, 0.717) is 11.1 Å². The van der Waals surface area contributed by atoms with Gasteiger partial charge in [-0.3, -0.25) is 4.79 Å². The zero-order valence-electron chi connectivity index (χ0n) is 13.5. The first-order valence-corrected chi connectivity index (χ1v) is 7.66.